The van der Waals surface area contributed by atoms with E-state index in [-0.39, 0.29) is 17.9 Å². The van der Waals surface area contributed by atoms with Crippen molar-refractivity contribution in [2.24, 2.45) is 0 Å². The summed E-state index contributed by atoms with van der Waals surface area (Å²) >= 11 is 1.44. The van der Waals surface area contributed by atoms with Crippen LogP contribution < -0.4 is 10.6 Å². The average molecular weight is 404 g/mol. The van der Waals surface area contributed by atoms with E-state index in [0.29, 0.717) is 21.8 Å². The molecule has 1 saturated carbocycles. The zero-order valence-corrected chi connectivity index (χ0v) is 16.8. The Morgan fingerprint density at radius 3 is 2.55 bits per heavy atom. The lowest BCUT2D eigenvalue weighted by molar-refractivity contribution is 0.0949. The van der Waals surface area contributed by atoms with Crippen molar-refractivity contribution in [1.82, 2.24) is 10.3 Å². The van der Waals surface area contributed by atoms with Crippen molar-refractivity contribution in [1.29, 1.82) is 0 Å². The predicted octanol–water partition coefficient (Wildman–Crippen LogP) is 4.69. The monoisotopic (exact) mass is 403 g/mol. The first-order valence-corrected chi connectivity index (χ1v) is 10.3. The van der Waals surface area contributed by atoms with E-state index >= 15 is 0 Å². The number of hydrogen-bond acceptors (Lipinski definition) is 4. The number of rotatable bonds is 6. The number of benzene rings is 2. The van der Waals surface area contributed by atoms with Gasteiger partial charge in [0.2, 0.25) is 0 Å². The molecule has 2 N–H and O–H groups in total. The highest BCUT2D eigenvalue weighted by Crippen LogP contribution is 2.29. The number of anilines is 1. The minimum Gasteiger partial charge on any atom is -0.349 e. The van der Waals surface area contributed by atoms with Crippen LogP contribution in [0.1, 0.15) is 39.1 Å². The van der Waals surface area contributed by atoms with Crippen molar-refractivity contribution >= 4 is 29.3 Å². The fourth-order valence-electron chi connectivity index (χ4n) is 2.83. The summed E-state index contributed by atoms with van der Waals surface area (Å²) in [6, 6.07) is 19.0. The number of nitrogens with one attached hydrogen (secondary N) is 2. The van der Waals surface area contributed by atoms with Crippen molar-refractivity contribution in [3.05, 3.63) is 83.6 Å². The van der Waals surface area contributed by atoms with Crippen LogP contribution in [0.25, 0.3) is 0 Å². The Kier molecular flexibility index (Phi) is 5.62. The summed E-state index contributed by atoms with van der Waals surface area (Å²) < 4.78 is 0. The van der Waals surface area contributed by atoms with Crippen LogP contribution in [-0.4, -0.2) is 22.8 Å². The van der Waals surface area contributed by atoms with Crippen LogP contribution in [0.2, 0.25) is 0 Å². The molecule has 29 heavy (non-hydrogen) atoms. The Morgan fingerprint density at radius 1 is 1.00 bits per heavy atom. The van der Waals surface area contributed by atoms with Gasteiger partial charge in [-0.3, -0.25) is 9.59 Å². The normalized spacial score (nSPS) is 13.0. The Morgan fingerprint density at radius 2 is 1.79 bits per heavy atom. The fourth-order valence-corrected chi connectivity index (χ4v) is 3.73. The molecule has 2 amide bonds. The fraction of sp³-hybridized carbons (Fsp3) is 0.174. The third kappa shape index (κ3) is 4.84. The van der Waals surface area contributed by atoms with Gasteiger partial charge in [-0.15, -0.1) is 0 Å². The van der Waals surface area contributed by atoms with Crippen LogP contribution in [0.15, 0.2) is 76.8 Å². The van der Waals surface area contributed by atoms with Crippen molar-refractivity contribution in [2.75, 3.05) is 5.32 Å². The summed E-state index contributed by atoms with van der Waals surface area (Å²) in [7, 11) is 0. The van der Waals surface area contributed by atoms with E-state index in [4.69, 9.17) is 0 Å². The van der Waals surface area contributed by atoms with E-state index in [1.807, 2.05) is 43.3 Å². The third-order valence-electron chi connectivity index (χ3n) is 4.63. The lowest BCUT2D eigenvalue weighted by Crippen LogP contribution is -2.25. The van der Waals surface area contributed by atoms with E-state index in [9.17, 15) is 9.59 Å². The molecule has 0 unspecified atom stereocenters. The van der Waals surface area contributed by atoms with Gasteiger partial charge in [0.15, 0.2) is 0 Å². The van der Waals surface area contributed by atoms with Gasteiger partial charge in [-0.1, -0.05) is 36.0 Å². The van der Waals surface area contributed by atoms with E-state index in [1.54, 1.807) is 30.5 Å². The van der Waals surface area contributed by atoms with E-state index < -0.39 is 0 Å². The summed E-state index contributed by atoms with van der Waals surface area (Å²) in [6.07, 6.45) is 3.74. The minimum atomic E-state index is -0.251. The van der Waals surface area contributed by atoms with E-state index in [2.05, 4.69) is 15.6 Å². The van der Waals surface area contributed by atoms with Crippen LogP contribution in [0.5, 0.6) is 0 Å². The number of carbonyl (C=O) groups excluding carboxylic acids is 2. The summed E-state index contributed by atoms with van der Waals surface area (Å²) in [6.45, 7) is 1.90. The first-order valence-electron chi connectivity index (χ1n) is 9.51. The number of pyridine rings is 1. The zero-order chi connectivity index (χ0) is 20.2. The van der Waals surface area contributed by atoms with Crippen LogP contribution in [0.4, 0.5) is 5.69 Å². The van der Waals surface area contributed by atoms with Gasteiger partial charge in [0.1, 0.15) is 5.03 Å². The molecule has 1 aliphatic carbocycles. The molecule has 0 spiro atoms. The van der Waals surface area contributed by atoms with Crippen LogP contribution >= 0.6 is 11.8 Å². The molecule has 0 radical (unpaired) electrons. The molecule has 4 rings (SSSR count). The van der Waals surface area contributed by atoms with Gasteiger partial charge in [-0.05, 0) is 61.7 Å². The largest absolute Gasteiger partial charge is 0.349 e. The molecule has 0 aliphatic heterocycles. The summed E-state index contributed by atoms with van der Waals surface area (Å²) in [5.74, 6) is -0.357. The molecule has 1 fully saturated rings. The maximum absolute atomic E-state index is 13.0. The molecule has 146 valence electrons. The van der Waals surface area contributed by atoms with Crippen LogP contribution in [0.3, 0.4) is 0 Å². The molecule has 0 atom stereocenters. The van der Waals surface area contributed by atoms with Crippen molar-refractivity contribution < 1.29 is 9.59 Å². The number of carbonyl (C=O) groups is 2. The highest BCUT2D eigenvalue weighted by Gasteiger charge is 2.24. The Labute approximate surface area is 173 Å². The first-order chi connectivity index (χ1) is 14.1. The Hall–Kier alpha value is -3.12. The molecule has 0 saturated heterocycles. The second-order valence-corrected chi connectivity index (χ2v) is 8.07. The minimum absolute atomic E-state index is 0.107. The molecular weight excluding hydrogens is 382 g/mol. The highest BCUT2D eigenvalue weighted by atomic mass is 32.2. The van der Waals surface area contributed by atoms with Crippen LogP contribution in [0, 0.1) is 6.92 Å². The zero-order valence-electron chi connectivity index (χ0n) is 16.0. The molecule has 0 bridgehead atoms. The lowest BCUT2D eigenvalue weighted by atomic mass is 10.1. The maximum Gasteiger partial charge on any atom is 0.258 e. The van der Waals surface area contributed by atoms with Gasteiger partial charge in [-0.25, -0.2) is 4.98 Å². The van der Waals surface area contributed by atoms with Crippen molar-refractivity contribution in [3.63, 3.8) is 0 Å². The SMILES string of the molecule is Cc1ccc(C(=O)NC2CC2)cc1NC(=O)c1cccnc1Sc1ccccc1. The van der Waals surface area contributed by atoms with Gasteiger partial charge >= 0.3 is 0 Å². The molecule has 3 aromatic rings. The van der Waals surface area contributed by atoms with Crippen molar-refractivity contribution in [3.8, 4) is 0 Å². The molecule has 1 heterocycles. The number of aromatic nitrogens is 1. The molecule has 2 aromatic carbocycles. The number of hydrogen-bond donors (Lipinski definition) is 2. The first kappa shape index (κ1) is 19.2. The van der Waals surface area contributed by atoms with Gasteiger partial charge in [0, 0.05) is 28.4 Å². The number of amides is 2. The molecule has 6 heteroatoms. The summed E-state index contributed by atoms with van der Waals surface area (Å²) in [4.78, 5) is 30.7. The number of nitrogens with zero attached hydrogens (tertiary/aromatic N) is 1. The Bertz CT molecular complexity index is 1050. The topological polar surface area (TPSA) is 71.1 Å². The van der Waals surface area contributed by atoms with Gasteiger partial charge in [-0.2, -0.15) is 0 Å². The highest BCUT2D eigenvalue weighted by molar-refractivity contribution is 7.99. The summed E-state index contributed by atoms with van der Waals surface area (Å²) in [5.41, 5.74) is 2.55. The lowest BCUT2D eigenvalue weighted by Gasteiger charge is -2.12. The average Bonchev–Trinajstić information content (AvgIpc) is 3.54. The molecule has 1 aromatic heterocycles. The Balaban J connectivity index is 1.54. The quantitative estimate of drug-likeness (QED) is 0.627. The molecular formula is C23H21N3O2S. The van der Waals surface area contributed by atoms with Gasteiger partial charge in [0.25, 0.3) is 11.8 Å². The molecule has 5 nitrogen and oxygen atoms in total. The maximum atomic E-state index is 13.0. The smallest absolute Gasteiger partial charge is 0.258 e. The van der Waals surface area contributed by atoms with Gasteiger partial charge in [0.05, 0.1) is 5.56 Å². The van der Waals surface area contributed by atoms with Crippen LogP contribution in [-0.2, 0) is 0 Å². The van der Waals surface area contributed by atoms with Gasteiger partial charge < -0.3 is 10.6 Å². The van der Waals surface area contributed by atoms with Crippen molar-refractivity contribution in [2.45, 2.75) is 35.7 Å². The third-order valence-corrected chi connectivity index (χ3v) is 5.66. The standard InChI is InChI=1S/C23H21N3O2S/c1-15-9-10-16(21(27)25-17-11-12-17)14-20(15)26-22(28)19-8-5-13-24-23(19)29-18-6-3-2-4-7-18/h2-10,13-14,17H,11-12H2,1H3,(H,25,27)(H,26,28). The summed E-state index contributed by atoms with van der Waals surface area (Å²) in [5, 5.41) is 6.55. The second-order valence-electron chi connectivity index (χ2n) is 7.00. The second kappa shape index (κ2) is 8.49. The predicted molar refractivity (Wildman–Crippen MR) is 114 cm³/mol. The van der Waals surface area contributed by atoms with E-state index in [0.717, 1.165) is 23.3 Å². The number of aryl methyl sites for hydroxylation is 1. The van der Waals surface area contributed by atoms with E-state index in [1.165, 1.54) is 11.8 Å². The molecule has 1 aliphatic rings.